The number of quaternary nitrogens is 1. The molecule has 0 spiro atoms. The van der Waals surface area contributed by atoms with Gasteiger partial charge in [0.25, 0.3) is 5.91 Å². The maximum atomic E-state index is 12.0. The van der Waals surface area contributed by atoms with Crippen LogP contribution in [0.1, 0.15) is 89.5 Å². The van der Waals surface area contributed by atoms with Gasteiger partial charge >= 0.3 is 0 Å². The highest BCUT2D eigenvalue weighted by atomic mass is 32.2. The predicted molar refractivity (Wildman–Crippen MR) is 156 cm³/mol. The van der Waals surface area contributed by atoms with Crippen molar-refractivity contribution in [2.24, 2.45) is 0 Å². The van der Waals surface area contributed by atoms with Crippen LogP contribution in [0, 0.1) is 0 Å². The Morgan fingerprint density at radius 1 is 1.03 bits per heavy atom. The molecule has 212 valence electrons. The number of fused-ring (bicyclic) bond motifs is 1. The molecule has 9 heteroatoms. The second kappa shape index (κ2) is 17.8. The van der Waals surface area contributed by atoms with Gasteiger partial charge < -0.3 is 18.9 Å². The molecular formula is C28H49N3O4S2. The highest BCUT2D eigenvalue weighted by molar-refractivity contribution is 7.85. The molecule has 1 N–H and O–H groups in total. The average molecular weight is 556 g/mol. The lowest BCUT2D eigenvalue weighted by Gasteiger charge is -2.39. The molecule has 0 saturated carbocycles. The number of rotatable bonds is 18. The first kappa shape index (κ1) is 33.3. The first-order valence-corrected chi connectivity index (χ1v) is 16.4. The Morgan fingerprint density at radius 3 is 1.97 bits per heavy atom. The van der Waals surface area contributed by atoms with Gasteiger partial charge in [0.2, 0.25) is 0 Å². The molecule has 0 aliphatic rings. The predicted octanol–water partition coefficient (Wildman–Crippen LogP) is 6.17. The number of thiophene rings is 1. The maximum Gasteiger partial charge on any atom is 0.268 e. The summed E-state index contributed by atoms with van der Waals surface area (Å²) in [5, 5.41) is 4.36. The topological polar surface area (TPSA) is 91.2 Å². The van der Waals surface area contributed by atoms with Crippen LogP contribution < -0.4 is 5.32 Å². The molecule has 0 aromatic carbocycles. The molecule has 2 aromatic heterocycles. The number of nitrogens with one attached hydrogen (secondary N) is 1. The van der Waals surface area contributed by atoms with E-state index < -0.39 is 21.8 Å². The molecule has 0 aliphatic heterocycles. The Labute approximate surface area is 229 Å². The number of amides is 1. The van der Waals surface area contributed by atoms with Crippen molar-refractivity contribution in [1.29, 1.82) is 0 Å². The third-order valence-electron chi connectivity index (χ3n) is 6.65. The molecule has 0 unspecified atom stereocenters. The molecule has 0 fully saturated rings. The molecule has 2 rings (SSSR count). The average Bonchev–Trinajstić information content (AvgIpc) is 3.45. The van der Waals surface area contributed by atoms with Crippen LogP contribution >= 0.6 is 11.3 Å². The Bertz CT molecular complexity index is 990. The van der Waals surface area contributed by atoms with Gasteiger partial charge in [-0.15, -0.1) is 17.9 Å². The summed E-state index contributed by atoms with van der Waals surface area (Å²) in [7, 11) is -4.32. The molecule has 0 atom stereocenters. The summed E-state index contributed by atoms with van der Waals surface area (Å²) in [4.78, 5) is 12.0. The molecule has 0 saturated heterocycles. The third kappa shape index (κ3) is 12.1. The minimum atomic E-state index is -4.32. The molecule has 0 radical (unpaired) electrons. The zero-order valence-electron chi connectivity index (χ0n) is 23.5. The van der Waals surface area contributed by atoms with Crippen LogP contribution in [0.4, 0.5) is 0 Å². The quantitative estimate of drug-likeness (QED) is 0.135. The van der Waals surface area contributed by atoms with E-state index in [-0.39, 0.29) is 6.54 Å². The molecule has 2 heterocycles. The van der Waals surface area contributed by atoms with Gasteiger partial charge in [0.15, 0.2) is 0 Å². The van der Waals surface area contributed by atoms with Crippen molar-refractivity contribution in [3.8, 4) is 0 Å². The minimum Gasteiger partial charge on any atom is -0.748 e. The SMILES string of the molecule is C=CCn1c(C(=O)NCCS(=O)(=O)[O-])cc2sccc21.CCCC[N+](CCCC)(CCCC)CCCC. The van der Waals surface area contributed by atoms with Gasteiger partial charge in [-0.25, -0.2) is 8.42 Å². The largest absolute Gasteiger partial charge is 0.748 e. The van der Waals surface area contributed by atoms with E-state index in [1.54, 1.807) is 16.7 Å². The summed E-state index contributed by atoms with van der Waals surface area (Å²) in [6.45, 7) is 18.9. The summed E-state index contributed by atoms with van der Waals surface area (Å²) in [6.07, 6.45) is 12.7. The highest BCUT2D eigenvalue weighted by Crippen LogP contribution is 2.25. The fourth-order valence-corrected chi connectivity index (χ4v) is 5.69. The number of hydrogen-bond acceptors (Lipinski definition) is 5. The van der Waals surface area contributed by atoms with Crippen LogP contribution in [0.2, 0.25) is 0 Å². The molecular weight excluding hydrogens is 506 g/mol. The minimum absolute atomic E-state index is 0.197. The number of unbranched alkanes of at least 4 members (excludes halogenated alkanes) is 4. The monoisotopic (exact) mass is 555 g/mol. The van der Waals surface area contributed by atoms with Crippen LogP contribution in [-0.4, -0.2) is 66.4 Å². The maximum absolute atomic E-state index is 12.0. The molecule has 0 aliphatic carbocycles. The van der Waals surface area contributed by atoms with Gasteiger partial charge in [0.1, 0.15) is 5.69 Å². The Balaban J connectivity index is 0.000000377. The lowest BCUT2D eigenvalue weighted by molar-refractivity contribution is -0.929. The van der Waals surface area contributed by atoms with E-state index in [1.165, 1.54) is 93.4 Å². The molecule has 7 nitrogen and oxygen atoms in total. The van der Waals surface area contributed by atoms with Gasteiger partial charge in [-0.1, -0.05) is 59.5 Å². The Kier molecular flexibility index (Phi) is 16.0. The second-order valence-electron chi connectivity index (χ2n) is 9.77. The van der Waals surface area contributed by atoms with Crippen molar-refractivity contribution in [2.75, 3.05) is 38.5 Å². The van der Waals surface area contributed by atoms with Gasteiger partial charge in [-0.2, -0.15) is 0 Å². The number of nitrogens with zero attached hydrogens (tertiary/aromatic N) is 2. The van der Waals surface area contributed by atoms with Gasteiger partial charge in [0, 0.05) is 13.1 Å². The number of carbonyl (C=O) groups is 1. The Morgan fingerprint density at radius 2 is 1.54 bits per heavy atom. The summed E-state index contributed by atoms with van der Waals surface area (Å²) < 4.78 is 35.7. The van der Waals surface area contributed by atoms with E-state index in [4.69, 9.17) is 0 Å². The first-order chi connectivity index (χ1) is 17.7. The van der Waals surface area contributed by atoms with Crippen molar-refractivity contribution in [2.45, 2.75) is 85.6 Å². The van der Waals surface area contributed by atoms with Crippen LogP contribution in [0.15, 0.2) is 30.2 Å². The number of aromatic nitrogens is 1. The van der Waals surface area contributed by atoms with Crippen molar-refractivity contribution in [3.05, 3.63) is 35.9 Å². The van der Waals surface area contributed by atoms with E-state index in [9.17, 15) is 17.8 Å². The fourth-order valence-electron chi connectivity index (χ4n) is 4.52. The standard InChI is InChI=1S/C16H36N.C12H14N2O4S2/c1-5-9-13-17(14-10-6-2,15-11-7-3)16-12-8-4;1-2-5-14-9-3-6-19-11(9)8-10(14)12(15)13-4-7-20(16,17)18/h5-16H2,1-4H3;2-3,6,8H,1,4-5,7H2,(H,13,15)(H,16,17,18)/q+1;/p-1. The zero-order chi connectivity index (χ0) is 27.7. The first-order valence-electron chi connectivity index (χ1n) is 13.9. The summed E-state index contributed by atoms with van der Waals surface area (Å²) >= 11 is 1.51. The summed E-state index contributed by atoms with van der Waals surface area (Å²) in [6, 6.07) is 3.65. The number of hydrogen-bond donors (Lipinski definition) is 1. The Hall–Kier alpha value is -1.68. The van der Waals surface area contributed by atoms with E-state index in [1.807, 2.05) is 11.4 Å². The van der Waals surface area contributed by atoms with Gasteiger partial charge in [-0.3, -0.25) is 4.79 Å². The fraction of sp³-hybridized carbons (Fsp3) is 0.679. The van der Waals surface area contributed by atoms with Crippen LogP contribution in [-0.2, 0) is 16.7 Å². The van der Waals surface area contributed by atoms with Crippen molar-refractivity contribution >= 4 is 37.6 Å². The van der Waals surface area contributed by atoms with E-state index in [0.717, 1.165) is 10.2 Å². The smallest absolute Gasteiger partial charge is 0.268 e. The zero-order valence-corrected chi connectivity index (χ0v) is 25.1. The highest BCUT2D eigenvalue weighted by Gasteiger charge is 2.24. The van der Waals surface area contributed by atoms with E-state index >= 15 is 0 Å². The third-order valence-corrected chi connectivity index (χ3v) is 8.21. The molecule has 0 bridgehead atoms. The van der Waals surface area contributed by atoms with E-state index in [2.05, 4.69) is 39.6 Å². The van der Waals surface area contributed by atoms with E-state index in [0.29, 0.717) is 12.2 Å². The molecule has 37 heavy (non-hydrogen) atoms. The van der Waals surface area contributed by atoms with Gasteiger partial charge in [-0.05, 0) is 43.2 Å². The second-order valence-corrected chi connectivity index (χ2v) is 12.2. The summed E-state index contributed by atoms with van der Waals surface area (Å²) in [5.41, 5.74) is 1.35. The van der Waals surface area contributed by atoms with Crippen LogP contribution in [0.25, 0.3) is 10.2 Å². The lowest BCUT2D eigenvalue weighted by atomic mass is 10.1. The van der Waals surface area contributed by atoms with Gasteiger partial charge in [0.05, 0.1) is 52.3 Å². The molecule has 1 amide bonds. The number of allylic oxidation sites excluding steroid dienone is 1. The van der Waals surface area contributed by atoms with Crippen molar-refractivity contribution < 1.29 is 22.2 Å². The van der Waals surface area contributed by atoms with Crippen LogP contribution in [0.3, 0.4) is 0 Å². The van der Waals surface area contributed by atoms with Crippen molar-refractivity contribution in [3.63, 3.8) is 0 Å². The van der Waals surface area contributed by atoms with Crippen LogP contribution in [0.5, 0.6) is 0 Å². The number of carbonyl (C=O) groups excluding carboxylic acids is 1. The lowest BCUT2D eigenvalue weighted by Crippen LogP contribution is -2.50. The normalized spacial score (nSPS) is 11.8. The summed E-state index contributed by atoms with van der Waals surface area (Å²) in [5.74, 6) is -1.02. The van der Waals surface area contributed by atoms with Crippen molar-refractivity contribution in [1.82, 2.24) is 9.88 Å². The molecule has 2 aromatic rings.